The van der Waals surface area contributed by atoms with Gasteiger partial charge in [-0.2, -0.15) is 0 Å². The van der Waals surface area contributed by atoms with Crippen molar-refractivity contribution in [2.75, 3.05) is 39.6 Å². The van der Waals surface area contributed by atoms with Crippen molar-refractivity contribution in [1.82, 2.24) is 0 Å². The lowest BCUT2D eigenvalue weighted by atomic mass is 9.61. The largest absolute Gasteiger partial charge is 0.540 e. The third-order valence-corrected chi connectivity index (χ3v) is 12.0. The summed E-state index contributed by atoms with van der Waals surface area (Å²) < 4.78 is 38.6. The van der Waals surface area contributed by atoms with E-state index in [-0.39, 0.29) is 16.2 Å². The van der Waals surface area contributed by atoms with Crippen molar-refractivity contribution in [2.24, 2.45) is 10.8 Å². The third kappa shape index (κ3) is 6.30. The van der Waals surface area contributed by atoms with Crippen LogP contribution in [0.5, 0.6) is 0 Å². The molecule has 0 spiro atoms. The molecule has 6 fully saturated rings. The van der Waals surface area contributed by atoms with Crippen LogP contribution in [0.15, 0.2) is 36.4 Å². The van der Waals surface area contributed by atoms with Crippen LogP contribution < -0.4 is 10.9 Å². The van der Waals surface area contributed by atoms with Gasteiger partial charge in [0.2, 0.25) is 0 Å². The normalized spacial score (nSPS) is 31.7. The summed E-state index contributed by atoms with van der Waals surface area (Å²) in [5, 5.41) is 0. The van der Waals surface area contributed by atoms with Crippen LogP contribution in [0.1, 0.15) is 129 Å². The van der Waals surface area contributed by atoms with Gasteiger partial charge in [-0.15, -0.1) is 10.9 Å². The number of benzene rings is 2. The summed E-state index contributed by atoms with van der Waals surface area (Å²) in [4.78, 5) is 0. The Kier molecular flexibility index (Phi) is 9.76. The zero-order valence-electron chi connectivity index (χ0n) is 29.7. The van der Waals surface area contributed by atoms with Gasteiger partial charge in [0.25, 0.3) is 0 Å². The van der Waals surface area contributed by atoms with Gasteiger partial charge in [-0.3, -0.25) is 0 Å². The van der Waals surface area contributed by atoms with Crippen LogP contribution in [-0.4, -0.2) is 53.2 Å². The second-order valence-corrected chi connectivity index (χ2v) is 16.5. The number of hydrogen-bond acceptors (Lipinski definition) is 6. The molecule has 0 amide bonds. The standard InChI is InChI=1S/C39H58B2O6/c1-5-7-9-11-13-15-21-39(22-16-14-12-10-8-6-2)35-23-31(40-42-25-37(3,26-43-40)27-44-40)17-19-33(35)34-20-18-32(24-36(34)39)41-45-28-38(4,29-46-41)30-47-41/h17-20,23-24H,5-16,21-22,25-30H2,1-4H3/q-2. The molecule has 6 heterocycles. The Hall–Kier alpha value is -1.67. The van der Waals surface area contributed by atoms with Gasteiger partial charge in [0.1, 0.15) is 0 Å². The maximum atomic E-state index is 6.44. The van der Waals surface area contributed by atoms with Gasteiger partial charge < -0.3 is 27.9 Å². The van der Waals surface area contributed by atoms with Crippen molar-refractivity contribution in [3.8, 4) is 11.1 Å². The molecule has 0 unspecified atom stereocenters. The molecule has 0 aromatic heterocycles. The van der Waals surface area contributed by atoms with E-state index in [0.29, 0.717) is 39.6 Å². The average Bonchev–Trinajstić information content (AvgIpc) is 3.37. The van der Waals surface area contributed by atoms with Gasteiger partial charge in [0.15, 0.2) is 0 Å². The van der Waals surface area contributed by atoms with E-state index in [1.807, 2.05) is 0 Å². The number of hydrogen-bond donors (Lipinski definition) is 0. The minimum absolute atomic E-state index is 0.0603. The van der Waals surface area contributed by atoms with E-state index in [1.54, 1.807) is 0 Å². The molecule has 47 heavy (non-hydrogen) atoms. The monoisotopic (exact) mass is 644 g/mol. The first-order chi connectivity index (χ1) is 22.8. The molecule has 6 aliphatic heterocycles. The molecule has 4 bridgehead atoms. The summed E-state index contributed by atoms with van der Waals surface area (Å²) in [6.45, 7) is 9.16. The van der Waals surface area contributed by atoms with Crippen LogP contribution in [0.4, 0.5) is 0 Å². The quantitative estimate of drug-likeness (QED) is 0.137. The zero-order chi connectivity index (χ0) is 32.6. The second-order valence-electron chi connectivity index (χ2n) is 16.5. The van der Waals surface area contributed by atoms with Crippen molar-refractivity contribution in [2.45, 2.75) is 123 Å². The molecule has 0 atom stereocenters. The van der Waals surface area contributed by atoms with Crippen LogP contribution in [-0.2, 0) is 33.3 Å². The summed E-state index contributed by atoms with van der Waals surface area (Å²) in [7, 11) is 0. The highest BCUT2D eigenvalue weighted by Crippen LogP contribution is 2.54. The molecule has 8 heteroatoms. The van der Waals surface area contributed by atoms with E-state index < -0.39 is 13.5 Å². The van der Waals surface area contributed by atoms with E-state index in [2.05, 4.69) is 64.1 Å². The van der Waals surface area contributed by atoms with Crippen LogP contribution in [0.25, 0.3) is 11.1 Å². The molecule has 0 saturated carbocycles. The summed E-state index contributed by atoms with van der Waals surface area (Å²) in [5.41, 5.74) is 7.37. The SMILES string of the molecule is CCCCCCCCC1(CCCCCCCC)c2cc([B-]34OCC(C)(CO3)CO4)ccc2-c2ccc([B-]34OCC(C)(CO3)CO4)cc21. The predicted octanol–water partition coefficient (Wildman–Crippen LogP) is 7.91. The Morgan fingerprint density at radius 2 is 0.830 bits per heavy atom. The summed E-state index contributed by atoms with van der Waals surface area (Å²) in [6, 6.07) is 13.9. The lowest BCUT2D eigenvalue weighted by Gasteiger charge is -2.58. The Morgan fingerprint density at radius 3 is 1.19 bits per heavy atom. The van der Waals surface area contributed by atoms with Crippen LogP contribution in [0, 0.1) is 10.8 Å². The molecule has 6 nitrogen and oxygen atoms in total. The van der Waals surface area contributed by atoms with Crippen molar-refractivity contribution in [3.63, 3.8) is 0 Å². The minimum Gasteiger partial charge on any atom is -0.540 e. The minimum atomic E-state index is -1.94. The highest BCUT2D eigenvalue weighted by molar-refractivity contribution is 6.76. The Morgan fingerprint density at radius 1 is 0.489 bits per heavy atom. The average molecular weight is 645 g/mol. The molecular formula is C39H58B2O6-2. The molecule has 1 aliphatic carbocycles. The van der Waals surface area contributed by atoms with Crippen molar-refractivity contribution >= 4 is 24.4 Å². The van der Waals surface area contributed by atoms with E-state index in [1.165, 1.54) is 99.3 Å². The van der Waals surface area contributed by atoms with Gasteiger partial charge in [0, 0.05) is 55.9 Å². The second kappa shape index (κ2) is 13.6. The Balaban J connectivity index is 1.27. The highest BCUT2D eigenvalue weighted by atomic mass is 16.8. The molecular weight excluding hydrogens is 586 g/mol. The first kappa shape index (κ1) is 33.8. The lowest BCUT2D eigenvalue weighted by Crippen LogP contribution is -2.69. The predicted molar refractivity (Wildman–Crippen MR) is 191 cm³/mol. The van der Waals surface area contributed by atoms with E-state index in [4.69, 9.17) is 27.9 Å². The molecule has 0 radical (unpaired) electrons. The van der Waals surface area contributed by atoms with E-state index >= 15 is 0 Å². The van der Waals surface area contributed by atoms with Gasteiger partial charge in [-0.1, -0.05) is 141 Å². The first-order valence-electron chi connectivity index (χ1n) is 19.2. The fourth-order valence-electron chi connectivity index (χ4n) is 9.03. The molecule has 0 N–H and O–H groups in total. The lowest BCUT2D eigenvalue weighted by molar-refractivity contribution is -0.119. The van der Waals surface area contributed by atoms with Crippen LogP contribution in [0.3, 0.4) is 0 Å². The van der Waals surface area contributed by atoms with Crippen molar-refractivity contribution in [1.29, 1.82) is 0 Å². The third-order valence-electron chi connectivity index (χ3n) is 12.0. The van der Waals surface area contributed by atoms with Gasteiger partial charge in [-0.05, 0) is 35.1 Å². The smallest absolute Gasteiger partial charge is 0.409 e. The molecule has 2 aromatic rings. The summed E-state index contributed by atoms with van der Waals surface area (Å²) in [5.74, 6) is 0. The van der Waals surface area contributed by atoms with Gasteiger partial charge in [-0.25, -0.2) is 0 Å². The zero-order valence-corrected chi connectivity index (χ0v) is 29.7. The van der Waals surface area contributed by atoms with Crippen LogP contribution >= 0.6 is 0 Å². The molecule has 7 aliphatic rings. The number of rotatable bonds is 16. The van der Waals surface area contributed by atoms with Crippen LogP contribution in [0.2, 0.25) is 0 Å². The van der Waals surface area contributed by atoms with E-state index in [0.717, 1.165) is 23.8 Å². The Labute approximate surface area is 284 Å². The fraction of sp³-hybridized carbons (Fsp3) is 0.692. The molecule has 9 rings (SSSR count). The first-order valence-corrected chi connectivity index (χ1v) is 19.2. The molecule has 6 saturated heterocycles. The van der Waals surface area contributed by atoms with Crippen molar-refractivity contribution in [3.05, 3.63) is 47.5 Å². The summed E-state index contributed by atoms with van der Waals surface area (Å²) in [6.07, 6.45) is 17.7. The highest BCUT2D eigenvalue weighted by Gasteiger charge is 2.50. The number of unbranched alkanes of at least 4 members (excludes halogenated alkanes) is 10. The van der Waals surface area contributed by atoms with Crippen molar-refractivity contribution < 1.29 is 27.9 Å². The summed E-state index contributed by atoms with van der Waals surface area (Å²) >= 11 is 0. The topological polar surface area (TPSA) is 55.4 Å². The molecule has 258 valence electrons. The maximum Gasteiger partial charge on any atom is 0.409 e. The van der Waals surface area contributed by atoms with Gasteiger partial charge >= 0.3 is 13.5 Å². The number of fused-ring (bicyclic) bond motifs is 9. The maximum absolute atomic E-state index is 6.44. The van der Waals surface area contributed by atoms with E-state index in [9.17, 15) is 0 Å². The Bertz CT molecular complexity index is 1260. The fourth-order valence-corrected chi connectivity index (χ4v) is 9.03. The molecule has 2 aromatic carbocycles. The van der Waals surface area contributed by atoms with Gasteiger partial charge in [0.05, 0.1) is 0 Å².